The zero-order valence-corrected chi connectivity index (χ0v) is 14.1. The van der Waals surface area contributed by atoms with Crippen LogP contribution in [0.1, 0.15) is 36.8 Å². The molecule has 0 radical (unpaired) electrons. The Morgan fingerprint density at radius 3 is 2.96 bits per heavy atom. The Morgan fingerprint density at radius 2 is 2.22 bits per heavy atom. The van der Waals surface area contributed by atoms with Gasteiger partial charge in [0.25, 0.3) is 0 Å². The number of aliphatic hydroxyl groups excluding tert-OH is 1. The molecule has 6 heteroatoms. The second-order valence-electron chi connectivity index (χ2n) is 5.84. The first-order valence-electron chi connectivity index (χ1n) is 7.76. The molecule has 3 heterocycles. The molecular formula is C17H17BrN2O3. The minimum absolute atomic E-state index is 0.0160. The second-order valence-corrected chi connectivity index (χ2v) is 6.17. The van der Waals surface area contributed by atoms with Crippen LogP contribution in [0.2, 0.25) is 0 Å². The number of rotatable bonds is 3. The Morgan fingerprint density at radius 1 is 1.30 bits per heavy atom. The number of hydrogen-bond donors (Lipinski definition) is 2. The van der Waals surface area contributed by atoms with Gasteiger partial charge in [0.2, 0.25) is 0 Å². The van der Waals surface area contributed by atoms with Gasteiger partial charge in [-0.25, -0.2) is 0 Å². The van der Waals surface area contributed by atoms with Crippen LogP contribution < -0.4 is 3.83 Å². The van der Waals surface area contributed by atoms with E-state index in [1.807, 2.05) is 24.3 Å². The van der Waals surface area contributed by atoms with E-state index in [-0.39, 0.29) is 12.7 Å². The number of H-pyrrole nitrogens is 1. The zero-order valence-electron chi connectivity index (χ0n) is 12.5. The summed E-state index contributed by atoms with van der Waals surface area (Å²) in [6.45, 7) is 0.677. The highest BCUT2D eigenvalue weighted by molar-refractivity contribution is 9.06. The fraction of sp³-hybridized carbons (Fsp3) is 0.353. The molecule has 0 spiro atoms. The molecule has 1 atom stereocenters. The fourth-order valence-electron chi connectivity index (χ4n) is 3.27. The van der Waals surface area contributed by atoms with Crippen LogP contribution in [0, 0.1) is 0 Å². The van der Waals surface area contributed by atoms with E-state index in [0.29, 0.717) is 5.69 Å². The van der Waals surface area contributed by atoms with Crippen LogP contribution in [0.4, 0.5) is 0 Å². The summed E-state index contributed by atoms with van der Waals surface area (Å²) in [4.78, 5) is 8.09. The molecule has 1 fully saturated rings. The summed E-state index contributed by atoms with van der Waals surface area (Å²) in [6.07, 6.45) is 3.18. The molecule has 1 aliphatic rings. The van der Waals surface area contributed by atoms with Gasteiger partial charge in [0.15, 0.2) is 16.3 Å². The number of halogens is 1. The Hall–Kier alpha value is -1.63. The van der Waals surface area contributed by atoms with E-state index < -0.39 is 0 Å². The molecule has 120 valence electrons. The summed E-state index contributed by atoms with van der Waals surface area (Å²) in [7, 11) is 0. The van der Waals surface area contributed by atoms with Crippen LogP contribution in [0.15, 0.2) is 24.3 Å². The monoisotopic (exact) mass is 376 g/mol. The number of fused-ring (bicyclic) bond motifs is 3. The largest absolute Gasteiger partial charge is 0.418 e. The lowest BCUT2D eigenvalue weighted by Gasteiger charge is -2.23. The predicted octanol–water partition coefficient (Wildman–Crippen LogP) is 4.14. The molecule has 1 unspecified atom stereocenters. The van der Waals surface area contributed by atoms with Gasteiger partial charge >= 0.3 is 0 Å². The van der Waals surface area contributed by atoms with Gasteiger partial charge in [-0.15, -0.1) is 0 Å². The van der Waals surface area contributed by atoms with Crippen molar-refractivity contribution in [3.8, 4) is 5.75 Å². The standard InChI is InChI=1S/C17H17BrN2O3/c18-23-11-4-5-14-12(8-11)13-7-10(9-21)19-17(16(13)20-14)15-3-1-2-6-22-15/h4-5,7-8,15,20-21H,1-3,6,9H2. The molecule has 5 nitrogen and oxygen atoms in total. The summed E-state index contributed by atoms with van der Waals surface area (Å²) >= 11 is 3.02. The summed E-state index contributed by atoms with van der Waals surface area (Å²) in [5, 5.41) is 11.7. The van der Waals surface area contributed by atoms with Gasteiger partial charge in [0, 0.05) is 22.9 Å². The lowest BCUT2D eigenvalue weighted by molar-refractivity contribution is 0.0130. The quantitative estimate of drug-likeness (QED) is 0.720. The number of aromatic amines is 1. The number of aromatic nitrogens is 2. The van der Waals surface area contributed by atoms with Crippen molar-refractivity contribution in [2.45, 2.75) is 32.0 Å². The summed E-state index contributed by atoms with van der Waals surface area (Å²) in [5.74, 6) is 0.733. The van der Waals surface area contributed by atoms with Crippen LogP contribution in [0.25, 0.3) is 21.8 Å². The van der Waals surface area contributed by atoms with Crippen LogP contribution in [-0.2, 0) is 11.3 Å². The third-order valence-electron chi connectivity index (χ3n) is 4.38. The average Bonchev–Trinajstić information content (AvgIpc) is 2.99. The van der Waals surface area contributed by atoms with Gasteiger partial charge in [0.05, 0.1) is 23.5 Å². The van der Waals surface area contributed by atoms with Crippen molar-refractivity contribution in [2.75, 3.05) is 6.61 Å². The molecule has 0 amide bonds. The van der Waals surface area contributed by atoms with Crippen LogP contribution in [0.3, 0.4) is 0 Å². The fourth-order valence-corrected chi connectivity index (χ4v) is 3.47. The van der Waals surface area contributed by atoms with Gasteiger partial charge in [-0.05, 0) is 43.5 Å². The van der Waals surface area contributed by atoms with Gasteiger partial charge in [-0.3, -0.25) is 4.98 Å². The van der Waals surface area contributed by atoms with E-state index in [9.17, 15) is 5.11 Å². The van der Waals surface area contributed by atoms with Gasteiger partial charge in [-0.1, -0.05) is 0 Å². The minimum atomic E-state index is -0.0863. The maximum Gasteiger partial charge on any atom is 0.179 e. The van der Waals surface area contributed by atoms with E-state index >= 15 is 0 Å². The third kappa shape index (κ3) is 2.60. The molecule has 2 aromatic heterocycles. The molecule has 1 aliphatic heterocycles. The first kappa shape index (κ1) is 14.9. The molecule has 3 aromatic rings. The second kappa shape index (κ2) is 6.11. The molecule has 0 aliphatic carbocycles. The van der Waals surface area contributed by atoms with Crippen LogP contribution in [-0.4, -0.2) is 21.7 Å². The predicted molar refractivity (Wildman–Crippen MR) is 91.6 cm³/mol. The van der Waals surface area contributed by atoms with Crippen molar-refractivity contribution >= 4 is 38.1 Å². The maximum absolute atomic E-state index is 9.58. The number of benzene rings is 1. The summed E-state index contributed by atoms with van der Waals surface area (Å²) < 4.78 is 11.1. The van der Waals surface area contributed by atoms with Gasteiger partial charge < -0.3 is 18.7 Å². The number of nitrogens with one attached hydrogen (secondary N) is 1. The lowest BCUT2D eigenvalue weighted by atomic mass is 10.0. The van der Waals surface area contributed by atoms with Gasteiger partial charge in [0.1, 0.15) is 11.9 Å². The Bertz CT molecular complexity index is 856. The highest BCUT2D eigenvalue weighted by Crippen LogP contribution is 2.36. The van der Waals surface area contributed by atoms with E-state index in [2.05, 4.69) is 26.2 Å². The van der Waals surface area contributed by atoms with Crippen molar-refractivity contribution < 1.29 is 13.7 Å². The number of hydrogen-bond acceptors (Lipinski definition) is 4. The van der Waals surface area contributed by atoms with Gasteiger partial charge in [-0.2, -0.15) is 0 Å². The smallest absolute Gasteiger partial charge is 0.179 e. The summed E-state index contributed by atoms with van der Waals surface area (Å²) in [6, 6.07) is 7.77. The first-order chi connectivity index (χ1) is 11.3. The molecule has 1 saturated heterocycles. The topological polar surface area (TPSA) is 67.4 Å². The molecule has 0 bridgehead atoms. The Balaban J connectivity index is 1.97. The van der Waals surface area contributed by atoms with Crippen molar-refractivity contribution in [1.82, 2.24) is 9.97 Å². The van der Waals surface area contributed by atoms with E-state index in [4.69, 9.17) is 8.57 Å². The highest BCUT2D eigenvalue weighted by Gasteiger charge is 2.22. The maximum atomic E-state index is 9.58. The number of ether oxygens (including phenoxy) is 1. The van der Waals surface area contributed by atoms with Crippen molar-refractivity contribution in [3.05, 3.63) is 35.7 Å². The third-order valence-corrected chi connectivity index (χ3v) is 4.75. The van der Waals surface area contributed by atoms with Crippen molar-refractivity contribution in [3.63, 3.8) is 0 Å². The Labute approximate surface area is 142 Å². The van der Waals surface area contributed by atoms with Crippen LogP contribution in [0.5, 0.6) is 5.75 Å². The SMILES string of the molecule is OCc1cc2c([nH]c3ccc(OBr)cc32)c(C2CCCCO2)n1. The van der Waals surface area contributed by atoms with E-state index in [1.54, 1.807) is 0 Å². The average molecular weight is 377 g/mol. The molecule has 2 N–H and O–H groups in total. The first-order valence-corrected chi connectivity index (χ1v) is 8.41. The highest BCUT2D eigenvalue weighted by atomic mass is 79.9. The lowest BCUT2D eigenvalue weighted by Crippen LogP contribution is -2.14. The number of pyridine rings is 1. The van der Waals surface area contributed by atoms with E-state index in [1.165, 1.54) is 0 Å². The van der Waals surface area contributed by atoms with Crippen LogP contribution >= 0.6 is 16.3 Å². The minimum Gasteiger partial charge on any atom is -0.418 e. The van der Waals surface area contributed by atoms with Crippen molar-refractivity contribution in [1.29, 1.82) is 0 Å². The number of nitrogens with zero attached hydrogens (tertiary/aromatic N) is 1. The molecule has 23 heavy (non-hydrogen) atoms. The van der Waals surface area contributed by atoms with E-state index in [0.717, 1.165) is 59.1 Å². The normalized spacial score (nSPS) is 18.6. The number of aliphatic hydroxyl groups is 1. The molecule has 1 aromatic carbocycles. The Kier molecular flexibility index (Phi) is 3.97. The van der Waals surface area contributed by atoms with Crippen molar-refractivity contribution in [2.24, 2.45) is 0 Å². The molecule has 4 rings (SSSR count). The zero-order chi connectivity index (χ0) is 15.8. The molecular weight excluding hydrogens is 360 g/mol. The molecule has 0 saturated carbocycles. The summed E-state index contributed by atoms with van der Waals surface area (Å²) in [5.41, 5.74) is 3.55.